The van der Waals surface area contributed by atoms with Crippen molar-refractivity contribution in [3.63, 3.8) is 0 Å². The van der Waals surface area contributed by atoms with Crippen LogP contribution in [-0.2, 0) is 4.79 Å². The van der Waals surface area contributed by atoms with Gasteiger partial charge in [-0.2, -0.15) is 0 Å². The quantitative estimate of drug-likeness (QED) is 0.308. The number of benzene rings is 2. The molecule has 6 nitrogen and oxygen atoms in total. The van der Waals surface area contributed by atoms with Crippen LogP contribution in [0.2, 0.25) is 0 Å². The second kappa shape index (κ2) is 9.39. The Morgan fingerprint density at radius 1 is 0.844 bits per heavy atom. The summed E-state index contributed by atoms with van der Waals surface area (Å²) in [6.07, 6.45) is 1.78. The van der Waals surface area contributed by atoms with E-state index < -0.39 is 11.7 Å². The number of carbonyl (C=O) groups is 2. The third kappa shape index (κ3) is 4.34. The molecule has 6 heteroatoms. The smallest absolute Gasteiger partial charge is 0.298 e. The summed E-state index contributed by atoms with van der Waals surface area (Å²) in [4.78, 5) is 26.1. The van der Waals surface area contributed by atoms with Crippen molar-refractivity contribution in [3.8, 4) is 22.6 Å². The Labute approximate surface area is 186 Å². The van der Waals surface area contributed by atoms with Crippen LogP contribution in [-0.4, -0.2) is 29.3 Å². The van der Waals surface area contributed by atoms with Crippen molar-refractivity contribution < 1.29 is 19.1 Å². The minimum atomic E-state index is -0.704. The molecule has 0 saturated carbocycles. The molecule has 32 heavy (non-hydrogen) atoms. The fraction of sp³-hybridized carbons (Fsp3) is 0.154. The molecule has 4 aromatic rings. The van der Waals surface area contributed by atoms with Crippen LogP contribution in [0, 0.1) is 0 Å². The van der Waals surface area contributed by atoms with Crippen molar-refractivity contribution in [1.82, 2.24) is 4.40 Å². The fourth-order valence-corrected chi connectivity index (χ4v) is 3.57. The largest absolute Gasteiger partial charge is 0.494 e. The molecular weight excluding hydrogens is 404 g/mol. The molecule has 0 fully saturated rings. The Bertz CT molecular complexity index is 1240. The number of carbonyl (C=O) groups excluding carboxylic acids is 2. The molecule has 0 unspecified atom stereocenters. The molecule has 0 aliphatic carbocycles. The maximum absolute atomic E-state index is 13.3. The van der Waals surface area contributed by atoms with Gasteiger partial charge in [-0.25, -0.2) is 0 Å². The van der Waals surface area contributed by atoms with Crippen molar-refractivity contribution in [2.75, 3.05) is 18.5 Å². The van der Waals surface area contributed by atoms with E-state index in [0.29, 0.717) is 35.9 Å². The Morgan fingerprint density at radius 3 is 2.09 bits per heavy atom. The van der Waals surface area contributed by atoms with E-state index in [2.05, 4.69) is 5.32 Å². The highest BCUT2D eigenvalue weighted by atomic mass is 16.5. The number of fused-ring (bicyclic) bond motifs is 1. The maximum Gasteiger partial charge on any atom is 0.298 e. The highest BCUT2D eigenvalue weighted by Crippen LogP contribution is 2.30. The van der Waals surface area contributed by atoms with E-state index in [4.69, 9.17) is 9.47 Å². The fourth-order valence-electron chi connectivity index (χ4n) is 3.57. The first kappa shape index (κ1) is 21.2. The van der Waals surface area contributed by atoms with Gasteiger partial charge in [0.15, 0.2) is 0 Å². The van der Waals surface area contributed by atoms with Crippen molar-refractivity contribution >= 4 is 22.9 Å². The molecule has 162 valence electrons. The Balaban J connectivity index is 1.66. The maximum atomic E-state index is 13.3. The Morgan fingerprint density at radius 2 is 1.47 bits per heavy atom. The number of aromatic nitrogens is 1. The Hall–Kier alpha value is -4.06. The van der Waals surface area contributed by atoms with Gasteiger partial charge in [0.05, 0.1) is 13.2 Å². The summed E-state index contributed by atoms with van der Waals surface area (Å²) in [6.45, 7) is 4.96. The number of Topliss-reactive ketones (excluding diaryl/α,β-unsaturated/α-hetero) is 1. The number of anilines is 1. The van der Waals surface area contributed by atoms with E-state index in [1.54, 1.807) is 34.9 Å². The first-order chi connectivity index (χ1) is 15.6. The lowest BCUT2D eigenvalue weighted by Crippen LogP contribution is -2.24. The van der Waals surface area contributed by atoms with Gasteiger partial charge in [-0.3, -0.25) is 9.59 Å². The topological polar surface area (TPSA) is 69.0 Å². The number of nitrogens with zero attached hydrogens (tertiary/aromatic N) is 1. The van der Waals surface area contributed by atoms with Gasteiger partial charge in [-0.15, -0.1) is 0 Å². The zero-order valence-electron chi connectivity index (χ0n) is 18.0. The van der Waals surface area contributed by atoms with E-state index in [-0.39, 0.29) is 0 Å². The number of ether oxygens (including phenoxy) is 2. The number of pyridine rings is 1. The second-order valence-electron chi connectivity index (χ2n) is 7.10. The molecule has 2 aromatic heterocycles. The van der Waals surface area contributed by atoms with E-state index in [9.17, 15) is 9.59 Å². The lowest BCUT2D eigenvalue weighted by atomic mass is 10.0. The van der Waals surface area contributed by atoms with Crippen molar-refractivity contribution in [2.45, 2.75) is 13.8 Å². The SMILES string of the molecule is CCOc1ccc(NC(=O)C(=O)c2c(-c3ccc(OCC)cc3)cc3ccccn23)cc1. The van der Waals surface area contributed by atoms with Crippen LogP contribution in [0.25, 0.3) is 16.6 Å². The number of hydrogen-bond donors (Lipinski definition) is 1. The average Bonchev–Trinajstić information content (AvgIpc) is 3.20. The van der Waals surface area contributed by atoms with Crippen LogP contribution in [0.3, 0.4) is 0 Å². The molecule has 1 amide bonds. The van der Waals surface area contributed by atoms with Gasteiger partial charge in [0, 0.05) is 23.0 Å². The second-order valence-corrected chi connectivity index (χ2v) is 7.10. The molecule has 0 atom stereocenters. The van der Waals surface area contributed by atoms with E-state index in [0.717, 1.165) is 16.8 Å². The summed E-state index contributed by atoms with van der Waals surface area (Å²) < 4.78 is 12.7. The average molecular weight is 428 g/mol. The monoisotopic (exact) mass is 428 g/mol. The minimum Gasteiger partial charge on any atom is -0.494 e. The lowest BCUT2D eigenvalue weighted by molar-refractivity contribution is -0.112. The summed E-state index contributed by atoms with van der Waals surface area (Å²) >= 11 is 0. The van der Waals surface area contributed by atoms with Crippen LogP contribution in [0.1, 0.15) is 24.3 Å². The van der Waals surface area contributed by atoms with Crippen LogP contribution in [0.5, 0.6) is 11.5 Å². The molecule has 2 heterocycles. The highest BCUT2D eigenvalue weighted by Gasteiger charge is 2.25. The molecule has 4 rings (SSSR count). The third-order valence-electron chi connectivity index (χ3n) is 5.00. The molecular formula is C26H24N2O4. The molecule has 2 aromatic carbocycles. The van der Waals surface area contributed by atoms with Crippen LogP contribution >= 0.6 is 0 Å². The number of ketones is 1. The summed E-state index contributed by atoms with van der Waals surface area (Å²) in [6, 6.07) is 21.9. The standard InChI is InChI=1S/C26H24N2O4/c1-3-31-21-12-8-18(9-13-21)23-17-20-7-5-6-16-28(20)24(23)25(29)26(30)27-19-10-14-22(15-11-19)32-4-2/h5-17H,3-4H2,1-2H3,(H,27,30). The van der Waals surface area contributed by atoms with Gasteiger partial charge in [-0.05, 0) is 74.0 Å². The predicted molar refractivity (Wildman–Crippen MR) is 125 cm³/mol. The Kier molecular flexibility index (Phi) is 6.22. The minimum absolute atomic E-state index is 0.313. The van der Waals surface area contributed by atoms with E-state index in [1.807, 2.05) is 62.4 Å². The molecule has 0 bridgehead atoms. The zero-order chi connectivity index (χ0) is 22.5. The lowest BCUT2D eigenvalue weighted by Gasteiger charge is -2.09. The van der Waals surface area contributed by atoms with Crippen LogP contribution < -0.4 is 14.8 Å². The number of rotatable bonds is 8. The molecule has 0 aliphatic heterocycles. The van der Waals surface area contributed by atoms with Gasteiger partial charge in [-0.1, -0.05) is 18.2 Å². The summed E-state index contributed by atoms with van der Waals surface area (Å²) in [5.41, 5.74) is 3.18. The number of nitrogens with one attached hydrogen (secondary N) is 1. The third-order valence-corrected chi connectivity index (χ3v) is 5.00. The summed E-state index contributed by atoms with van der Waals surface area (Å²) in [7, 11) is 0. The molecule has 1 N–H and O–H groups in total. The van der Waals surface area contributed by atoms with Crippen molar-refractivity contribution in [1.29, 1.82) is 0 Å². The van der Waals surface area contributed by atoms with Gasteiger partial charge in [0.1, 0.15) is 17.2 Å². The zero-order valence-corrected chi connectivity index (χ0v) is 18.0. The number of hydrogen-bond acceptors (Lipinski definition) is 4. The number of amides is 1. The van der Waals surface area contributed by atoms with E-state index >= 15 is 0 Å². The van der Waals surface area contributed by atoms with Crippen LogP contribution in [0.15, 0.2) is 79.0 Å². The molecule has 0 saturated heterocycles. The molecule has 0 aliphatic rings. The van der Waals surface area contributed by atoms with E-state index in [1.165, 1.54) is 0 Å². The highest BCUT2D eigenvalue weighted by molar-refractivity contribution is 6.47. The summed E-state index contributed by atoms with van der Waals surface area (Å²) in [5.74, 6) is 0.132. The van der Waals surface area contributed by atoms with Gasteiger partial charge in [0.2, 0.25) is 0 Å². The van der Waals surface area contributed by atoms with Gasteiger partial charge < -0.3 is 19.2 Å². The first-order valence-corrected chi connectivity index (χ1v) is 10.5. The first-order valence-electron chi connectivity index (χ1n) is 10.5. The molecule has 0 spiro atoms. The summed E-state index contributed by atoms with van der Waals surface area (Å²) in [5, 5.41) is 2.69. The van der Waals surface area contributed by atoms with Crippen molar-refractivity contribution in [2.24, 2.45) is 0 Å². The van der Waals surface area contributed by atoms with Gasteiger partial charge in [0.25, 0.3) is 11.7 Å². The van der Waals surface area contributed by atoms with Crippen molar-refractivity contribution in [3.05, 3.63) is 84.7 Å². The predicted octanol–water partition coefficient (Wildman–Crippen LogP) is 5.23. The molecule has 0 radical (unpaired) electrons. The van der Waals surface area contributed by atoms with Gasteiger partial charge >= 0.3 is 0 Å². The normalized spacial score (nSPS) is 10.7. The van der Waals surface area contributed by atoms with Crippen LogP contribution in [0.4, 0.5) is 5.69 Å².